The molecule has 0 N–H and O–H groups in total. The van der Waals surface area contributed by atoms with E-state index in [1.807, 2.05) is 24.3 Å². The maximum atomic E-state index is 12.4. The number of anilines is 1. The van der Waals surface area contributed by atoms with Crippen LogP contribution in [0.25, 0.3) is 0 Å². The van der Waals surface area contributed by atoms with Crippen LogP contribution in [0.5, 0.6) is 5.75 Å². The van der Waals surface area contributed by atoms with Gasteiger partial charge in [-0.3, -0.25) is 9.59 Å². The average Bonchev–Trinajstić information content (AvgIpc) is 3.35. The second kappa shape index (κ2) is 8.41. The molecule has 1 aliphatic heterocycles. The first-order chi connectivity index (χ1) is 13.6. The quantitative estimate of drug-likeness (QED) is 0.704. The molecule has 1 saturated heterocycles. The van der Waals surface area contributed by atoms with E-state index in [1.54, 1.807) is 12.0 Å². The summed E-state index contributed by atoms with van der Waals surface area (Å²) >= 11 is 0. The van der Waals surface area contributed by atoms with Crippen LogP contribution < -0.4 is 9.64 Å². The van der Waals surface area contributed by atoms with Crippen LogP contribution >= 0.6 is 0 Å². The molecule has 3 atom stereocenters. The first kappa shape index (κ1) is 19.1. The van der Waals surface area contributed by atoms with Crippen molar-refractivity contribution in [3.8, 4) is 5.75 Å². The minimum Gasteiger partial charge on any atom is -0.497 e. The van der Waals surface area contributed by atoms with Gasteiger partial charge in [-0.2, -0.15) is 0 Å². The number of fused-ring (bicyclic) bond motifs is 2. The van der Waals surface area contributed by atoms with Crippen molar-refractivity contribution < 1.29 is 19.1 Å². The van der Waals surface area contributed by atoms with E-state index in [0.717, 1.165) is 30.4 Å². The van der Waals surface area contributed by atoms with Gasteiger partial charge in [-0.15, -0.1) is 0 Å². The van der Waals surface area contributed by atoms with Gasteiger partial charge in [-0.25, -0.2) is 0 Å². The maximum Gasteiger partial charge on any atom is 0.306 e. The lowest BCUT2D eigenvalue weighted by molar-refractivity contribution is -0.153. The number of hydrogen-bond donors (Lipinski definition) is 0. The van der Waals surface area contributed by atoms with Crippen LogP contribution in [0, 0.1) is 17.8 Å². The Labute approximate surface area is 166 Å². The Morgan fingerprint density at radius 3 is 2.39 bits per heavy atom. The van der Waals surface area contributed by atoms with Crippen LogP contribution in [0.2, 0.25) is 0 Å². The summed E-state index contributed by atoms with van der Waals surface area (Å²) in [6.45, 7) is 2.72. The van der Waals surface area contributed by atoms with E-state index in [9.17, 15) is 9.59 Å². The number of hydrogen-bond acceptors (Lipinski definition) is 5. The minimum absolute atomic E-state index is 0.0873. The fourth-order valence-corrected chi connectivity index (χ4v) is 5.14. The number of esters is 1. The van der Waals surface area contributed by atoms with Crippen LogP contribution in [-0.4, -0.2) is 56.7 Å². The summed E-state index contributed by atoms with van der Waals surface area (Å²) in [7, 11) is 1.66. The van der Waals surface area contributed by atoms with E-state index in [4.69, 9.17) is 9.47 Å². The Kier molecular flexibility index (Phi) is 5.74. The van der Waals surface area contributed by atoms with Crippen molar-refractivity contribution in [3.63, 3.8) is 0 Å². The summed E-state index contributed by atoms with van der Waals surface area (Å²) < 4.78 is 10.5. The highest BCUT2D eigenvalue weighted by atomic mass is 16.5. The van der Waals surface area contributed by atoms with E-state index in [-0.39, 0.29) is 18.5 Å². The third kappa shape index (κ3) is 4.26. The van der Waals surface area contributed by atoms with E-state index < -0.39 is 0 Å². The van der Waals surface area contributed by atoms with Gasteiger partial charge >= 0.3 is 5.97 Å². The molecule has 2 bridgehead atoms. The van der Waals surface area contributed by atoms with E-state index in [2.05, 4.69) is 4.90 Å². The molecule has 0 aromatic heterocycles. The van der Waals surface area contributed by atoms with Gasteiger partial charge in [0.05, 0.1) is 7.11 Å². The standard InChI is InChI=1S/C22H30N2O4/c1-27-20-6-4-19(5-7-20)23-8-10-24(11-9-23)21(25)15-28-22(26)14-18-13-16-2-3-17(18)12-16/h4-7,16-18H,2-3,8-15H2,1H3/t16-,17+,18-/m0/s1. The van der Waals surface area contributed by atoms with Gasteiger partial charge in [0.15, 0.2) is 6.61 Å². The predicted octanol–water partition coefficient (Wildman–Crippen LogP) is 2.71. The van der Waals surface area contributed by atoms with Crippen LogP contribution in [0.15, 0.2) is 24.3 Å². The van der Waals surface area contributed by atoms with Gasteiger partial charge in [0, 0.05) is 38.3 Å². The van der Waals surface area contributed by atoms with Crippen molar-refractivity contribution in [2.75, 3.05) is 44.8 Å². The number of ether oxygens (including phenoxy) is 2. The number of piperazine rings is 1. The third-order valence-corrected chi connectivity index (χ3v) is 6.74. The van der Waals surface area contributed by atoms with E-state index >= 15 is 0 Å². The fraction of sp³-hybridized carbons (Fsp3) is 0.636. The van der Waals surface area contributed by atoms with Crippen LogP contribution in [0.1, 0.15) is 32.1 Å². The lowest BCUT2D eigenvalue weighted by Gasteiger charge is -2.36. The van der Waals surface area contributed by atoms with Crippen LogP contribution in [-0.2, 0) is 14.3 Å². The molecule has 0 unspecified atom stereocenters. The largest absolute Gasteiger partial charge is 0.497 e. The molecule has 0 radical (unpaired) electrons. The monoisotopic (exact) mass is 386 g/mol. The smallest absolute Gasteiger partial charge is 0.306 e. The summed E-state index contributed by atoms with van der Waals surface area (Å²) in [5, 5.41) is 0. The molecule has 1 heterocycles. The van der Waals surface area contributed by atoms with E-state index in [1.165, 1.54) is 25.7 Å². The molecule has 1 aromatic rings. The van der Waals surface area contributed by atoms with Crippen LogP contribution in [0.4, 0.5) is 5.69 Å². The average molecular weight is 386 g/mol. The Morgan fingerprint density at radius 1 is 1.04 bits per heavy atom. The molecule has 2 aliphatic carbocycles. The summed E-state index contributed by atoms with van der Waals surface area (Å²) in [4.78, 5) is 28.6. The number of benzene rings is 1. The number of carbonyl (C=O) groups excluding carboxylic acids is 2. The molecule has 152 valence electrons. The summed E-state index contributed by atoms with van der Waals surface area (Å²) in [6.07, 6.45) is 5.54. The molecule has 3 aliphatic rings. The Hall–Kier alpha value is -2.24. The highest BCUT2D eigenvalue weighted by Crippen LogP contribution is 2.49. The summed E-state index contributed by atoms with van der Waals surface area (Å²) in [5.41, 5.74) is 1.13. The van der Waals surface area contributed by atoms with Crippen molar-refractivity contribution >= 4 is 17.6 Å². The van der Waals surface area contributed by atoms with Gasteiger partial charge in [0.25, 0.3) is 5.91 Å². The predicted molar refractivity (Wildman–Crippen MR) is 106 cm³/mol. The first-order valence-electron chi connectivity index (χ1n) is 10.4. The number of carbonyl (C=O) groups is 2. The summed E-state index contributed by atoms with van der Waals surface area (Å²) in [5.74, 6) is 2.56. The molecule has 3 fully saturated rings. The zero-order chi connectivity index (χ0) is 19.5. The second-order valence-electron chi connectivity index (χ2n) is 8.37. The van der Waals surface area contributed by atoms with Crippen LogP contribution in [0.3, 0.4) is 0 Å². The first-order valence-corrected chi connectivity index (χ1v) is 10.4. The van der Waals surface area contributed by atoms with Crippen molar-refractivity contribution in [2.45, 2.75) is 32.1 Å². The molecular formula is C22H30N2O4. The number of nitrogens with zero attached hydrogens (tertiary/aromatic N) is 2. The molecular weight excluding hydrogens is 356 g/mol. The van der Waals surface area contributed by atoms with Crippen molar-refractivity contribution in [1.29, 1.82) is 0 Å². The molecule has 2 saturated carbocycles. The Balaban J connectivity index is 1.18. The van der Waals surface area contributed by atoms with Gasteiger partial charge in [0.2, 0.25) is 0 Å². The van der Waals surface area contributed by atoms with Gasteiger partial charge in [-0.1, -0.05) is 6.42 Å². The zero-order valence-corrected chi connectivity index (χ0v) is 16.6. The normalized spacial score (nSPS) is 26.4. The Bertz CT molecular complexity index is 697. The lowest BCUT2D eigenvalue weighted by atomic mass is 9.86. The molecule has 1 aromatic carbocycles. The van der Waals surface area contributed by atoms with Gasteiger partial charge < -0.3 is 19.3 Å². The molecule has 6 nitrogen and oxygen atoms in total. The molecule has 6 heteroatoms. The summed E-state index contributed by atoms with van der Waals surface area (Å²) in [6, 6.07) is 7.96. The molecule has 1 amide bonds. The number of rotatable bonds is 6. The molecule has 4 rings (SSSR count). The lowest BCUT2D eigenvalue weighted by Crippen LogP contribution is -2.49. The minimum atomic E-state index is -0.206. The van der Waals surface area contributed by atoms with Gasteiger partial charge in [0.1, 0.15) is 5.75 Å². The van der Waals surface area contributed by atoms with Crippen molar-refractivity contribution in [3.05, 3.63) is 24.3 Å². The highest BCUT2D eigenvalue weighted by molar-refractivity contribution is 5.81. The number of methoxy groups -OCH3 is 1. The maximum absolute atomic E-state index is 12.4. The third-order valence-electron chi connectivity index (χ3n) is 6.74. The fourth-order valence-electron chi connectivity index (χ4n) is 5.14. The van der Waals surface area contributed by atoms with Gasteiger partial charge in [-0.05, 0) is 61.3 Å². The van der Waals surface area contributed by atoms with E-state index in [0.29, 0.717) is 31.3 Å². The van der Waals surface area contributed by atoms with Crippen molar-refractivity contribution in [1.82, 2.24) is 4.90 Å². The zero-order valence-electron chi connectivity index (χ0n) is 16.6. The van der Waals surface area contributed by atoms with Crippen molar-refractivity contribution in [2.24, 2.45) is 17.8 Å². The molecule has 0 spiro atoms. The SMILES string of the molecule is COc1ccc(N2CCN(C(=O)COC(=O)C[C@@H]3C[C@H]4CC[C@@H]3C4)CC2)cc1. The highest BCUT2D eigenvalue weighted by Gasteiger charge is 2.40. The number of amides is 1. The molecule has 28 heavy (non-hydrogen) atoms. The Morgan fingerprint density at radius 2 is 1.79 bits per heavy atom. The second-order valence-corrected chi connectivity index (χ2v) is 8.37. The topological polar surface area (TPSA) is 59.1 Å².